The maximum Gasteiger partial charge on any atom is 0.408 e. The molecule has 0 saturated carbocycles. The molecule has 0 fully saturated rings. The van der Waals surface area contributed by atoms with Crippen LogP contribution in [0.3, 0.4) is 0 Å². The average molecular weight is 337 g/mol. The smallest absolute Gasteiger partial charge is 0.408 e. The summed E-state index contributed by atoms with van der Waals surface area (Å²) in [6.07, 6.45) is 5.32. The number of hydrogen-bond acceptors (Lipinski definition) is 2. The van der Waals surface area contributed by atoms with Crippen molar-refractivity contribution in [2.45, 2.75) is 45.3 Å². The van der Waals surface area contributed by atoms with Crippen LogP contribution in [0.15, 0.2) is 72.8 Å². The number of amides is 1. The highest BCUT2D eigenvalue weighted by molar-refractivity contribution is 5.68. The lowest BCUT2D eigenvalue weighted by Crippen LogP contribution is -2.39. The minimum atomic E-state index is -0.505. The van der Waals surface area contributed by atoms with Crippen molar-refractivity contribution in [2.24, 2.45) is 0 Å². The fourth-order valence-corrected chi connectivity index (χ4v) is 2.48. The number of nitrogens with one attached hydrogen (secondary N) is 1. The molecule has 2 rings (SSSR count). The van der Waals surface area contributed by atoms with Crippen LogP contribution in [0, 0.1) is 0 Å². The molecule has 2 aromatic carbocycles. The van der Waals surface area contributed by atoms with Gasteiger partial charge in [0.15, 0.2) is 0 Å². The van der Waals surface area contributed by atoms with Crippen molar-refractivity contribution in [3.8, 4) is 0 Å². The van der Waals surface area contributed by atoms with E-state index in [-0.39, 0.29) is 6.04 Å². The first-order valence-corrected chi connectivity index (χ1v) is 8.66. The highest BCUT2D eigenvalue weighted by atomic mass is 16.6. The molecule has 0 aromatic heterocycles. The lowest BCUT2D eigenvalue weighted by Gasteiger charge is -2.22. The fourth-order valence-electron chi connectivity index (χ4n) is 2.48. The van der Waals surface area contributed by atoms with E-state index >= 15 is 0 Å². The summed E-state index contributed by atoms with van der Waals surface area (Å²) in [6.45, 7) is 5.60. The second-order valence-electron chi connectivity index (χ2n) is 7.06. The lowest BCUT2D eigenvalue weighted by atomic mass is 10.0. The molecule has 1 N–H and O–H groups in total. The van der Waals surface area contributed by atoms with Gasteiger partial charge in [0.1, 0.15) is 5.60 Å². The van der Waals surface area contributed by atoms with Crippen molar-refractivity contribution in [1.82, 2.24) is 5.32 Å². The molecule has 3 heteroatoms. The zero-order valence-corrected chi connectivity index (χ0v) is 15.2. The highest BCUT2D eigenvalue weighted by Crippen LogP contribution is 2.09. The second-order valence-corrected chi connectivity index (χ2v) is 7.06. The molecule has 0 aliphatic heterocycles. The van der Waals surface area contributed by atoms with Crippen LogP contribution in [0.5, 0.6) is 0 Å². The van der Waals surface area contributed by atoms with Crippen molar-refractivity contribution in [2.75, 3.05) is 0 Å². The first-order chi connectivity index (χ1) is 11.9. The van der Waals surface area contributed by atoms with E-state index in [2.05, 4.69) is 35.7 Å². The topological polar surface area (TPSA) is 38.3 Å². The number of ether oxygens (including phenoxy) is 1. The van der Waals surface area contributed by atoms with Crippen molar-refractivity contribution >= 4 is 6.09 Å². The van der Waals surface area contributed by atoms with Gasteiger partial charge in [-0.15, -0.1) is 0 Å². The van der Waals surface area contributed by atoms with Crippen LogP contribution in [-0.2, 0) is 17.6 Å². The third kappa shape index (κ3) is 7.71. The zero-order chi connectivity index (χ0) is 18.1. The Hall–Kier alpha value is -2.55. The minimum absolute atomic E-state index is 0.110. The summed E-state index contributed by atoms with van der Waals surface area (Å²) in [6, 6.07) is 20.3. The largest absolute Gasteiger partial charge is 0.444 e. The number of rotatable bonds is 6. The average Bonchev–Trinajstić information content (AvgIpc) is 2.55. The summed E-state index contributed by atoms with van der Waals surface area (Å²) in [5.41, 5.74) is 1.91. The van der Waals surface area contributed by atoms with E-state index in [1.807, 2.05) is 63.2 Å². The van der Waals surface area contributed by atoms with Crippen LogP contribution in [0.25, 0.3) is 0 Å². The molecule has 2 aromatic rings. The monoisotopic (exact) mass is 337 g/mol. The van der Waals surface area contributed by atoms with Gasteiger partial charge in [-0.1, -0.05) is 72.8 Å². The molecule has 3 nitrogen and oxygen atoms in total. The van der Waals surface area contributed by atoms with E-state index in [1.165, 1.54) is 11.1 Å². The molecule has 0 bridgehead atoms. The lowest BCUT2D eigenvalue weighted by molar-refractivity contribution is 0.0514. The Labute approximate surface area is 150 Å². The summed E-state index contributed by atoms with van der Waals surface area (Å²) in [4.78, 5) is 12.1. The van der Waals surface area contributed by atoms with Crippen molar-refractivity contribution in [3.63, 3.8) is 0 Å². The first kappa shape index (κ1) is 18.8. The maximum absolute atomic E-state index is 12.1. The van der Waals surface area contributed by atoms with Gasteiger partial charge < -0.3 is 10.1 Å². The van der Waals surface area contributed by atoms with Crippen LogP contribution in [0.4, 0.5) is 4.79 Å². The van der Waals surface area contributed by atoms with Crippen molar-refractivity contribution in [3.05, 3.63) is 83.9 Å². The Kier molecular flexibility index (Phi) is 6.81. The molecular formula is C22H27NO2. The number of allylic oxidation sites excluding steroid dienone is 1. The third-order valence-electron chi connectivity index (χ3n) is 3.57. The number of carbonyl (C=O) groups is 1. The van der Waals surface area contributed by atoms with Gasteiger partial charge in [-0.2, -0.15) is 0 Å². The summed E-state index contributed by atoms with van der Waals surface area (Å²) < 4.78 is 5.39. The molecular weight excluding hydrogens is 310 g/mol. The molecule has 1 amide bonds. The van der Waals surface area contributed by atoms with Gasteiger partial charge in [0.05, 0.1) is 6.04 Å². The van der Waals surface area contributed by atoms with Gasteiger partial charge in [0, 0.05) is 0 Å². The minimum Gasteiger partial charge on any atom is -0.444 e. The van der Waals surface area contributed by atoms with Crippen LogP contribution in [-0.4, -0.2) is 17.7 Å². The van der Waals surface area contributed by atoms with E-state index in [4.69, 9.17) is 4.74 Å². The van der Waals surface area contributed by atoms with Gasteiger partial charge in [-0.3, -0.25) is 0 Å². The normalized spacial score (nSPS) is 12.8. The Morgan fingerprint density at radius 1 is 1.00 bits per heavy atom. The van der Waals surface area contributed by atoms with Crippen molar-refractivity contribution < 1.29 is 9.53 Å². The molecule has 0 aliphatic rings. The van der Waals surface area contributed by atoms with Crippen molar-refractivity contribution in [1.29, 1.82) is 0 Å². The summed E-state index contributed by atoms with van der Waals surface area (Å²) >= 11 is 0. The maximum atomic E-state index is 12.1. The van der Waals surface area contributed by atoms with Crippen LogP contribution in [0.2, 0.25) is 0 Å². The Bertz CT molecular complexity index is 672. The molecule has 25 heavy (non-hydrogen) atoms. The first-order valence-electron chi connectivity index (χ1n) is 8.66. The molecule has 0 aliphatic carbocycles. The van der Waals surface area contributed by atoms with E-state index in [0.29, 0.717) is 0 Å². The van der Waals surface area contributed by atoms with Gasteiger partial charge >= 0.3 is 6.09 Å². The highest BCUT2D eigenvalue weighted by Gasteiger charge is 2.18. The fraction of sp³-hybridized carbons (Fsp3) is 0.318. The van der Waals surface area contributed by atoms with Gasteiger partial charge in [0.2, 0.25) is 0 Å². The Morgan fingerprint density at radius 3 is 2.12 bits per heavy atom. The third-order valence-corrected chi connectivity index (χ3v) is 3.57. The van der Waals surface area contributed by atoms with Gasteiger partial charge in [-0.25, -0.2) is 4.79 Å². The summed E-state index contributed by atoms with van der Waals surface area (Å²) in [7, 11) is 0. The van der Waals surface area contributed by atoms with E-state index in [9.17, 15) is 4.79 Å². The molecule has 0 radical (unpaired) electrons. The Balaban J connectivity index is 2.01. The van der Waals surface area contributed by atoms with Gasteiger partial charge in [-0.05, 0) is 44.7 Å². The SMILES string of the molecule is CC(C)(C)OC(=O)N[C@H](C=CCc1ccccc1)Cc1ccccc1. The van der Waals surface area contributed by atoms with Crippen LogP contribution >= 0.6 is 0 Å². The Morgan fingerprint density at radius 2 is 1.56 bits per heavy atom. The zero-order valence-electron chi connectivity index (χ0n) is 15.2. The van der Waals surface area contributed by atoms with E-state index < -0.39 is 11.7 Å². The predicted molar refractivity (Wildman–Crippen MR) is 103 cm³/mol. The molecule has 0 saturated heterocycles. The summed E-state index contributed by atoms with van der Waals surface area (Å²) in [5, 5.41) is 2.96. The number of carbonyl (C=O) groups excluding carboxylic acids is 1. The van der Waals surface area contributed by atoms with E-state index in [0.717, 1.165) is 12.8 Å². The molecule has 0 spiro atoms. The number of alkyl carbamates (subject to hydrolysis) is 1. The van der Waals surface area contributed by atoms with Crippen LogP contribution in [0.1, 0.15) is 31.9 Å². The quantitative estimate of drug-likeness (QED) is 0.760. The van der Waals surface area contributed by atoms with Gasteiger partial charge in [0.25, 0.3) is 0 Å². The number of hydrogen-bond donors (Lipinski definition) is 1. The molecule has 1 atom stereocenters. The second kappa shape index (κ2) is 9.07. The number of benzene rings is 2. The molecule has 0 heterocycles. The molecule has 0 unspecified atom stereocenters. The molecule has 132 valence electrons. The predicted octanol–water partition coefficient (Wildman–Crippen LogP) is 4.92. The summed E-state index contributed by atoms with van der Waals surface area (Å²) in [5.74, 6) is 0. The van der Waals surface area contributed by atoms with E-state index in [1.54, 1.807) is 0 Å². The standard InChI is InChI=1S/C22H27NO2/c1-22(2,3)25-21(24)23-20(17-19-13-8-5-9-14-19)16-10-15-18-11-6-4-7-12-18/h4-14,16,20H,15,17H2,1-3H3,(H,23,24)/t20-/m1/s1. The van der Waals surface area contributed by atoms with Crippen LogP contribution < -0.4 is 5.32 Å².